The summed E-state index contributed by atoms with van der Waals surface area (Å²) in [5, 5.41) is 5.63. The number of rotatable bonds is 5. The summed E-state index contributed by atoms with van der Waals surface area (Å²) in [5.41, 5.74) is 1.34. The zero-order valence-electron chi connectivity index (χ0n) is 14.4. The third-order valence-electron chi connectivity index (χ3n) is 5.14. The maximum atomic E-state index is 4.56. The zero-order chi connectivity index (χ0) is 16.4. The van der Waals surface area contributed by atoms with Gasteiger partial charge in [0.1, 0.15) is 5.82 Å². The molecule has 0 radical (unpaired) electrons. The number of aryl methyl sites for hydroxylation is 1. The molecule has 7 heteroatoms. The van der Waals surface area contributed by atoms with Crippen LogP contribution in [0.15, 0.2) is 12.4 Å². The van der Waals surface area contributed by atoms with Crippen LogP contribution >= 0.6 is 11.5 Å². The highest BCUT2D eigenvalue weighted by molar-refractivity contribution is 7.09. The lowest BCUT2D eigenvalue weighted by Gasteiger charge is -2.24. The number of anilines is 1. The minimum atomic E-state index is 0.861. The molecule has 0 spiro atoms. The summed E-state index contributed by atoms with van der Waals surface area (Å²) in [6, 6.07) is 0. The molecule has 0 aromatic carbocycles. The Labute approximate surface area is 147 Å². The molecule has 2 aromatic heterocycles. The Morgan fingerprint density at radius 3 is 2.83 bits per heavy atom. The van der Waals surface area contributed by atoms with Crippen LogP contribution in [0.5, 0.6) is 0 Å². The lowest BCUT2D eigenvalue weighted by atomic mass is 9.85. The molecule has 2 aliphatic rings. The fourth-order valence-corrected chi connectivity index (χ4v) is 4.25. The number of hydrogen-bond acceptors (Lipinski definition) is 6. The SMILES string of the molecule is Cc1nsc(N2CCCN(Cc3cnn(CC4CCC4)c3)CC2)n1. The van der Waals surface area contributed by atoms with Crippen LogP contribution < -0.4 is 4.90 Å². The second-order valence-electron chi connectivity index (χ2n) is 7.11. The average molecular weight is 347 g/mol. The van der Waals surface area contributed by atoms with Crippen molar-refractivity contribution in [1.29, 1.82) is 0 Å². The molecule has 0 bridgehead atoms. The smallest absolute Gasteiger partial charge is 0.205 e. The van der Waals surface area contributed by atoms with Crippen LogP contribution in [0.3, 0.4) is 0 Å². The average Bonchev–Trinajstić information content (AvgIpc) is 3.08. The highest BCUT2D eigenvalue weighted by Gasteiger charge is 2.20. The molecule has 1 aliphatic heterocycles. The first-order valence-electron chi connectivity index (χ1n) is 9.05. The fraction of sp³-hybridized carbons (Fsp3) is 0.706. The van der Waals surface area contributed by atoms with E-state index in [1.165, 1.54) is 42.8 Å². The Hall–Kier alpha value is -1.47. The topological polar surface area (TPSA) is 50.1 Å². The third kappa shape index (κ3) is 3.78. The maximum Gasteiger partial charge on any atom is 0.205 e. The van der Waals surface area contributed by atoms with E-state index in [1.54, 1.807) is 0 Å². The van der Waals surface area contributed by atoms with Gasteiger partial charge in [0, 0.05) is 62.6 Å². The summed E-state index contributed by atoms with van der Waals surface area (Å²) >= 11 is 1.52. The van der Waals surface area contributed by atoms with Crippen molar-refractivity contribution >= 4 is 16.7 Å². The van der Waals surface area contributed by atoms with Gasteiger partial charge in [0.25, 0.3) is 0 Å². The second-order valence-corrected chi connectivity index (χ2v) is 7.84. The maximum absolute atomic E-state index is 4.56. The van der Waals surface area contributed by atoms with E-state index in [-0.39, 0.29) is 0 Å². The van der Waals surface area contributed by atoms with Crippen molar-refractivity contribution in [2.24, 2.45) is 5.92 Å². The Balaban J connectivity index is 1.30. The summed E-state index contributed by atoms with van der Waals surface area (Å²) in [7, 11) is 0. The Morgan fingerprint density at radius 2 is 2.08 bits per heavy atom. The van der Waals surface area contributed by atoms with Crippen molar-refractivity contribution in [2.45, 2.75) is 45.7 Å². The van der Waals surface area contributed by atoms with Gasteiger partial charge < -0.3 is 4.90 Å². The molecule has 2 aromatic rings. The van der Waals surface area contributed by atoms with Crippen LogP contribution in [-0.2, 0) is 13.1 Å². The summed E-state index contributed by atoms with van der Waals surface area (Å²) in [4.78, 5) is 9.45. The van der Waals surface area contributed by atoms with Gasteiger partial charge in [-0.25, -0.2) is 4.98 Å². The summed E-state index contributed by atoms with van der Waals surface area (Å²) in [5.74, 6) is 1.75. The fourth-order valence-electron chi connectivity index (χ4n) is 3.52. The molecule has 6 nitrogen and oxygen atoms in total. The quantitative estimate of drug-likeness (QED) is 0.833. The minimum Gasteiger partial charge on any atom is -0.346 e. The van der Waals surface area contributed by atoms with Gasteiger partial charge in [-0.2, -0.15) is 9.47 Å². The number of nitrogens with zero attached hydrogens (tertiary/aromatic N) is 6. The van der Waals surface area contributed by atoms with Crippen LogP contribution in [-0.4, -0.2) is 50.2 Å². The van der Waals surface area contributed by atoms with Gasteiger partial charge in [-0.1, -0.05) is 6.42 Å². The van der Waals surface area contributed by atoms with E-state index in [0.717, 1.165) is 56.1 Å². The van der Waals surface area contributed by atoms with Crippen LogP contribution in [0.25, 0.3) is 0 Å². The molecule has 1 saturated heterocycles. The van der Waals surface area contributed by atoms with Gasteiger partial charge in [-0.3, -0.25) is 9.58 Å². The van der Waals surface area contributed by atoms with E-state index >= 15 is 0 Å². The number of hydrogen-bond donors (Lipinski definition) is 0. The van der Waals surface area contributed by atoms with Crippen molar-refractivity contribution in [3.05, 3.63) is 23.8 Å². The summed E-state index contributed by atoms with van der Waals surface area (Å²) in [6.45, 7) is 8.40. The molecule has 130 valence electrons. The molecule has 2 fully saturated rings. The molecule has 24 heavy (non-hydrogen) atoms. The second kappa shape index (κ2) is 7.19. The molecule has 3 heterocycles. The predicted molar refractivity (Wildman–Crippen MR) is 96.3 cm³/mol. The van der Waals surface area contributed by atoms with Gasteiger partial charge in [-0.05, 0) is 32.1 Å². The molecular weight excluding hydrogens is 320 g/mol. The molecule has 1 aliphatic carbocycles. The predicted octanol–water partition coefficient (Wildman–Crippen LogP) is 2.56. The molecule has 1 saturated carbocycles. The summed E-state index contributed by atoms with van der Waals surface area (Å²) < 4.78 is 6.46. The summed E-state index contributed by atoms with van der Waals surface area (Å²) in [6.07, 6.45) is 9.63. The molecule has 4 rings (SSSR count). The first-order valence-corrected chi connectivity index (χ1v) is 9.82. The molecule has 0 amide bonds. The molecule has 0 unspecified atom stereocenters. The van der Waals surface area contributed by atoms with Crippen LogP contribution in [0.4, 0.5) is 5.13 Å². The highest BCUT2D eigenvalue weighted by atomic mass is 32.1. The standard InChI is InChI=1S/C17H26N6S/c1-14-19-17(24-20-14)22-7-3-6-21(8-9-22)11-16-10-18-23(13-16)12-15-4-2-5-15/h10,13,15H,2-9,11-12H2,1H3. The van der Waals surface area contributed by atoms with E-state index in [1.807, 2.05) is 6.92 Å². The van der Waals surface area contributed by atoms with E-state index < -0.39 is 0 Å². The van der Waals surface area contributed by atoms with E-state index in [4.69, 9.17) is 0 Å². The first-order chi connectivity index (χ1) is 11.8. The molecule has 0 N–H and O–H groups in total. The van der Waals surface area contributed by atoms with Crippen LogP contribution in [0.2, 0.25) is 0 Å². The van der Waals surface area contributed by atoms with Gasteiger partial charge in [0.2, 0.25) is 5.13 Å². The number of aromatic nitrogens is 4. The Bertz CT molecular complexity index is 662. The normalized spacial score (nSPS) is 20.1. The zero-order valence-corrected chi connectivity index (χ0v) is 15.2. The minimum absolute atomic E-state index is 0.861. The van der Waals surface area contributed by atoms with Gasteiger partial charge in [0.15, 0.2) is 0 Å². The lowest BCUT2D eigenvalue weighted by Crippen LogP contribution is -2.30. The highest BCUT2D eigenvalue weighted by Crippen LogP contribution is 2.27. The van der Waals surface area contributed by atoms with Crippen molar-refractivity contribution in [2.75, 3.05) is 31.1 Å². The van der Waals surface area contributed by atoms with E-state index in [9.17, 15) is 0 Å². The third-order valence-corrected chi connectivity index (χ3v) is 6.01. The van der Waals surface area contributed by atoms with Crippen molar-refractivity contribution in [1.82, 2.24) is 24.0 Å². The van der Waals surface area contributed by atoms with Crippen LogP contribution in [0, 0.1) is 12.8 Å². The van der Waals surface area contributed by atoms with Crippen molar-refractivity contribution < 1.29 is 0 Å². The molecule has 0 atom stereocenters. The van der Waals surface area contributed by atoms with Crippen molar-refractivity contribution in [3.8, 4) is 0 Å². The lowest BCUT2D eigenvalue weighted by molar-refractivity contribution is 0.265. The van der Waals surface area contributed by atoms with E-state index in [2.05, 4.69) is 41.3 Å². The molecular formula is C17H26N6S. The van der Waals surface area contributed by atoms with Gasteiger partial charge in [0.05, 0.1) is 6.20 Å². The largest absolute Gasteiger partial charge is 0.346 e. The van der Waals surface area contributed by atoms with Crippen molar-refractivity contribution in [3.63, 3.8) is 0 Å². The van der Waals surface area contributed by atoms with Crippen LogP contribution in [0.1, 0.15) is 37.1 Å². The monoisotopic (exact) mass is 346 g/mol. The first kappa shape index (κ1) is 16.0. The van der Waals surface area contributed by atoms with E-state index in [0.29, 0.717) is 0 Å². The van der Waals surface area contributed by atoms with Gasteiger partial charge in [-0.15, -0.1) is 0 Å². The van der Waals surface area contributed by atoms with Gasteiger partial charge >= 0.3 is 0 Å². The Kier molecular flexibility index (Phi) is 4.80. The Morgan fingerprint density at radius 1 is 1.17 bits per heavy atom.